The van der Waals surface area contributed by atoms with Crippen molar-refractivity contribution >= 4 is 27.5 Å². The van der Waals surface area contributed by atoms with Crippen molar-refractivity contribution in [3.8, 4) is 0 Å². The molecule has 1 heterocycles. The smallest absolute Gasteiger partial charge is 0.237 e. The van der Waals surface area contributed by atoms with E-state index in [9.17, 15) is 4.79 Å². The van der Waals surface area contributed by atoms with Crippen LogP contribution in [0.4, 0.5) is 5.69 Å². The van der Waals surface area contributed by atoms with Crippen molar-refractivity contribution in [2.75, 3.05) is 16.8 Å². The number of benzene rings is 1. The average molecular weight is 266 g/mol. The van der Waals surface area contributed by atoms with Crippen molar-refractivity contribution in [3.63, 3.8) is 0 Å². The Balaban J connectivity index is 2.11. The Morgan fingerprint density at radius 2 is 2.07 bits per heavy atom. The van der Waals surface area contributed by atoms with E-state index in [0.29, 0.717) is 5.91 Å². The minimum absolute atomic E-state index is 0.126. The van der Waals surface area contributed by atoms with E-state index in [1.807, 2.05) is 17.0 Å². The van der Waals surface area contributed by atoms with Gasteiger partial charge in [0.05, 0.1) is 5.41 Å². The fourth-order valence-electron chi connectivity index (χ4n) is 2.51. The van der Waals surface area contributed by atoms with Gasteiger partial charge in [-0.1, -0.05) is 34.1 Å². The van der Waals surface area contributed by atoms with Crippen molar-refractivity contribution in [1.82, 2.24) is 0 Å². The molecular weight excluding hydrogens is 254 g/mol. The molecule has 1 aliphatic carbocycles. The first-order chi connectivity index (χ1) is 7.29. The molecule has 1 amide bonds. The molecule has 78 valence electrons. The summed E-state index contributed by atoms with van der Waals surface area (Å²) in [5, 5.41) is 0.836. The molecule has 0 saturated heterocycles. The minimum atomic E-state index is -0.126. The number of para-hydroxylation sites is 1. The third-order valence-electron chi connectivity index (χ3n) is 3.42. The van der Waals surface area contributed by atoms with Crippen LogP contribution in [-0.4, -0.2) is 17.8 Å². The Morgan fingerprint density at radius 3 is 2.73 bits per heavy atom. The lowest BCUT2D eigenvalue weighted by molar-refractivity contribution is -0.120. The van der Waals surface area contributed by atoms with E-state index in [4.69, 9.17) is 0 Å². The Kier molecular flexibility index (Phi) is 1.93. The largest absolute Gasteiger partial charge is 0.311 e. The quantitative estimate of drug-likeness (QED) is 0.753. The molecule has 1 fully saturated rings. The molecule has 1 saturated carbocycles. The number of fused-ring (bicyclic) bond motifs is 2. The van der Waals surface area contributed by atoms with Crippen molar-refractivity contribution in [2.45, 2.75) is 18.3 Å². The molecule has 1 aromatic rings. The first-order valence-corrected chi connectivity index (χ1v) is 6.39. The average Bonchev–Trinajstić information content (AvgIpc) is 3.02. The van der Waals surface area contributed by atoms with Gasteiger partial charge in [0.15, 0.2) is 0 Å². The molecule has 2 nitrogen and oxygen atoms in total. The Morgan fingerprint density at radius 1 is 1.33 bits per heavy atom. The molecule has 0 N–H and O–H groups in total. The Hall–Kier alpha value is -0.830. The number of nitrogens with zero attached hydrogens (tertiary/aromatic N) is 1. The van der Waals surface area contributed by atoms with Gasteiger partial charge in [-0.3, -0.25) is 4.79 Å². The lowest BCUT2D eigenvalue weighted by atomic mass is 9.98. The first-order valence-electron chi connectivity index (χ1n) is 5.27. The van der Waals surface area contributed by atoms with Crippen LogP contribution in [0.15, 0.2) is 24.3 Å². The number of hydrogen-bond donors (Lipinski definition) is 0. The van der Waals surface area contributed by atoms with E-state index in [0.717, 1.165) is 30.4 Å². The van der Waals surface area contributed by atoms with E-state index < -0.39 is 0 Å². The predicted molar refractivity (Wildman–Crippen MR) is 63.5 cm³/mol. The number of carbonyl (C=O) groups excluding carboxylic acids is 1. The topological polar surface area (TPSA) is 20.3 Å². The summed E-state index contributed by atoms with van der Waals surface area (Å²) in [6.07, 6.45) is 2.06. The molecule has 1 aromatic carbocycles. The van der Waals surface area contributed by atoms with Crippen LogP contribution in [-0.2, 0) is 10.2 Å². The van der Waals surface area contributed by atoms with Crippen LogP contribution < -0.4 is 4.90 Å². The summed E-state index contributed by atoms with van der Waals surface area (Å²) in [6.45, 7) is 0.775. The lowest BCUT2D eigenvalue weighted by Crippen LogP contribution is -2.33. The fourth-order valence-corrected chi connectivity index (χ4v) is 2.87. The number of rotatable bonds is 2. The van der Waals surface area contributed by atoms with Gasteiger partial charge in [0.25, 0.3) is 0 Å². The Bertz CT molecular complexity index is 425. The second kappa shape index (κ2) is 3.08. The normalized spacial score (nSPS) is 20.9. The zero-order valence-corrected chi connectivity index (χ0v) is 9.96. The van der Waals surface area contributed by atoms with Crippen molar-refractivity contribution in [3.05, 3.63) is 29.8 Å². The molecule has 1 spiro atoms. The standard InChI is InChI=1S/C12H12BrNO/c13-7-8-14-10-4-2-1-3-9(10)12(5-6-12)11(14)15/h1-4H,5-8H2. The third-order valence-corrected chi connectivity index (χ3v) is 3.78. The van der Waals surface area contributed by atoms with Crippen molar-refractivity contribution in [2.24, 2.45) is 0 Å². The maximum Gasteiger partial charge on any atom is 0.237 e. The monoisotopic (exact) mass is 265 g/mol. The Labute approximate surface area is 97.4 Å². The molecule has 15 heavy (non-hydrogen) atoms. The van der Waals surface area contributed by atoms with Gasteiger partial charge in [-0.05, 0) is 24.5 Å². The van der Waals surface area contributed by atoms with Crippen LogP contribution in [0.25, 0.3) is 0 Å². The van der Waals surface area contributed by atoms with Gasteiger partial charge in [-0.25, -0.2) is 0 Å². The molecule has 0 aromatic heterocycles. The molecule has 0 radical (unpaired) electrons. The van der Waals surface area contributed by atoms with Gasteiger partial charge in [-0.2, -0.15) is 0 Å². The fraction of sp³-hybridized carbons (Fsp3) is 0.417. The number of hydrogen-bond acceptors (Lipinski definition) is 1. The summed E-state index contributed by atoms with van der Waals surface area (Å²) in [6, 6.07) is 8.20. The highest BCUT2D eigenvalue weighted by atomic mass is 79.9. The maximum atomic E-state index is 12.2. The highest BCUT2D eigenvalue weighted by Crippen LogP contribution is 2.57. The number of halogens is 1. The zero-order valence-electron chi connectivity index (χ0n) is 8.37. The van der Waals surface area contributed by atoms with Crippen LogP contribution in [0, 0.1) is 0 Å². The second-order valence-electron chi connectivity index (χ2n) is 4.25. The van der Waals surface area contributed by atoms with Crippen molar-refractivity contribution in [1.29, 1.82) is 0 Å². The van der Waals surface area contributed by atoms with Gasteiger partial charge in [0.2, 0.25) is 5.91 Å². The molecule has 0 atom stereocenters. The highest BCUT2D eigenvalue weighted by molar-refractivity contribution is 9.09. The number of carbonyl (C=O) groups is 1. The van der Waals surface area contributed by atoms with E-state index in [-0.39, 0.29) is 5.41 Å². The minimum Gasteiger partial charge on any atom is -0.311 e. The summed E-state index contributed by atoms with van der Waals surface area (Å²) in [5.74, 6) is 0.308. The molecule has 1 aliphatic heterocycles. The van der Waals surface area contributed by atoms with E-state index in [2.05, 4.69) is 28.1 Å². The summed E-state index contributed by atoms with van der Waals surface area (Å²) >= 11 is 3.40. The second-order valence-corrected chi connectivity index (χ2v) is 5.04. The summed E-state index contributed by atoms with van der Waals surface area (Å²) < 4.78 is 0. The lowest BCUT2D eigenvalue weighted by Gasteiger charge is -2.16. The van der Waals surface area contributed by atoms with Crippen LogP contribution in [0.2, 0.25) is 0 Å². The predicted octanol–water partition coefficient (Wildman–Crippen LogP) is 2.46. The van der Waals surface area contributed by atoms with Gasteiger partial charge >= 0.3 is 0 Å². The summed E-state index contributed by atoms with van der Waals surface area (Å²) in [5.41, 5.74) is 2.24. The van der Waals surface area contributed by atoms with Gasteiger partial charge in [0.1, 0.15) is 0 Å². The SMILES string of the molecule is O=C1N(CCBr)c2ccccc2C12CC2. The van der Waals surface area contributed by atoms with E-state index >= 15 is 0 Å². The summed E-state index contributed by atoms with van der Waals surface area (Å²) in [7, 11) is 0. The number of anilines is 1. The zero-order chi connectivity index (χ0) is 10.5. The molecule has 0 bridgehead atoms. The third kappa shape index (κ3) is 1.13. The van der Waals surface area contributed by atoms with E-state index in [1.165, 1.54) is 5.56 Å². The van der Waals surface area contributed by atoms with Gasteiger partial charge < -0.3 is 4.90 Å². The molecule has 2 aliphatic rings. The van der Waals surface area contributed by atoms with Crippen LogP contribution in [0.5, 0.6) is 0 Å². The first kappa shape index (κ1) is 9.40. The highest BCUT2D eigenvalue weighted by Gasteiger charge is 2.58. The van der Waals surface area contributed by atoms with Crippen LogP contribution in [0.1, 0.15) is 18.4 Å². The summed E-state index contributed by atoms with van der Waals surface area (Å²) in [4.78, 5) is 14.2. The maximum absolute atomic E-state index is 12.2. The molecule has 3 rings (SSSR count). The van der Waals surface area contributed by atoms with Crippen molar-refractivity contribution < 1.29 is 4.79 Å². The number of amides is 1. The number of alkyl halides is 1. The van der Waals surface area contributed by atoms with Crippen LogP contribution in [0.3, 0.4) is 0 Å². The molecule has 3 heteroatoms. The van der Waals surface area contributed by atoms with Gasteiger partial charge in [-0.15, -0.1) is 0 Å². The molecule has 0 unspecified atom stereocenters. The van der Waals surface area contributed by atoms with Gasteiger partial charge in [0, 0.05) is 17.6 Å². The van der Waals surface area contributed by atoms with E-state index in [1.54, 1.807) is 0 Å². The van der Waals surface area contributed by atoms with Crippen LogP contribution >= 0.6 is 15.9 Å². The molecular formula is C12H12BrNO.